The zero-order valence-corrected chi connectivity index (χ0v) is 15.0. The van der Waals surface area contributed by atoms with E-state index in [4.69, 9.17) is 0 Å². The maximum atomic E-state index is 12.3. The van der Waals surface area contributed by atoms with E-state index in [1.165, 1.54) is 44.8 Å². The van der Waals surface area contributed by atoms with E-state index >= 15 is 0 Å². The van der Waals surface area contributed by atoms with Crippen molar-refractivity contribution >= 4 is 15.7 Å². The van der Waals surface area contributed by atoms with Crippen LogP contribution in [0.15, 0.2) is 0 Å². The number of hydrogen-bond donors (Lipinski definition) is 1. The molecule has 0 radical (unpaired) electrons. The summed E-state index contributed by atoms with van der Waals surface area (Å²) in [5, 5.41) is 3.27. The summed E-state index contributed by atoms with van der Waals surface area (Å²) < 4.78 is 22.7. The van der Waals surface area contributed by atoms with Gasteiger partial charge in [-0.25, -0.2) is 8.42 Å². The number of sulfone groups is 1. The molecule has 2 atom stereocenters. The van der Waals surface area contributed by atoms with Crippen molar-refractivity contribution < 1.29 is 13.2 Å². The van der Waals surface area contributed by atoms with Crippen LogP contribution in [0.3, 0.4) is 0 Å². The van der Waals surface area contributed by atoms with Gasteiger partial charge < -0.3 is 5.32 Å². The smallest absolute Gasteiger partial charge is 0.220 e. The van der Waals surface area contributed by atoms with Gasteiger partial charge in [-0.1, -0.05) is 12.8 Å². The highest BCUT2D eigenvalue weighted by Gasteiger charge is 2.43. The van der Waals surface area contributed by atoms with Gasteiger partial charge in [0.25, 0.3) is 0 Å². The first kappa shape index (κ1) is 17.2. The molecule has 0 aromatic carbocycles. The molecule has 3 aliphatic rings. The van der Waals surface area contributed by atoms with Gasteiger partial charge in [-0.2, -0.15) is 0 Å². The van der Waals surface area contributed by atoms with Crippen LogP contribution < -0.4 is 5.32 Å². The van der Waals surface area contributed by atoms with Crippen molar-refractivity contribution in [1.29, 1.82) is 0 Å². The molecule has 3 rings (SSSR count). The number of nitrogens with one attached hydrogen (secondary N) is 1. The number of carbonyl (C=O) groups excluding carboxylic acids is 1. The van der Waals surface area contributed by atoms with Gasteiger partial charge >= 0.3 is 0 Å². The highest BCUT2D eigenvalue weighted by Crippen LogP contribution is 2.41. The molecule has 23 heavy (non-hydrogen) atoms. The molecule has 0 aromatic rings. The Kier molecular flexibility index (Phi) is 5.31. The number of hydrogen-bond acceptors (Lipinski definition) is 4. The molecule has 0 bridgehead atoms. The van der Waals surface area contributed by atoms with Crippen molar-refractivity contribution in [2.45, 2.75) is 51.0 Å². The van der Waals surface area contributed by atoms with Crippen LogP contribution in [0, 0.1) is 17.8 Å². The number of amides is 1. The Morgan fingerprint density at radius 3 is 2.43 bits per heavy atom. The van der Waals surface area contributed by atoms with Crippen molar-refractivity contribution in [2.75, 3.05) is 31.6 Å². The normalized spacial score (nSPS) is 30.0. The summed E-state index contributed by atoms with van der Waals surface area (Å²) in [4.78, 5) is 14.6. The Balaban J connectivity index is 1.50. The summed E-state index contributed by atoms with van der Waals surface area (Å²) in [6, 6.07) is 0.218. The number of nitrogens with zero attached hydrogens (tertiary/aromatic N) is 1. The molecule has 1 heterocycles. The van der Waals surface area contributed by atoms with E-state index in [2.05, 4.69) is 10.2 Å². The third kappa shape index (κ3) is 5.18. The lowest BCUT2D eigenvalue weighted by Gasteiger charge is -2.20. The molecule has 3 fully saturated rings. The highest BCUT2D eigenvalue weighted by atomic mass is 32.2. The van der Waals surface area contributed by atoms with Crippen LogP contribution >= 0.6 is 0 Å². The van der Waals surface area contributed by atoms with E-state index < -0.39 is 9.84 Å². The molecule has 2 saturated carbocycles. The van der Waals surface area contributed by atoms with Crippen molar-refractivity contribution in [2.24, 2.45) is 17.8 Å². The molecule has 0 aromatic heterocycles. The van der Waals surface area contributed by atoms with Gasteiger partial charge in [0, 0.05) is 38.4 Å². The summed E-state index contributed by atoms with van der Waals surface area (Å²) in [5.41, 5.74) is 0. The lowest BCUT2D eigenvalue weighted by atomic mass is 9.97. The van der Waals surface area contributed by atoms with Crippen LogP contribution in [0.4, 0.5) is 0 Å². The highest BCUT2D eigenvalue weighted by molar-refractivity contribution is 7.90. The van der Waals surface area contributed by atoms with E-state index in [-0.39, 0.29) is 17.7 Å². The Hall–Kier alpha value is -0.620. The lowest BCUT2D eigenvalue weighted by Crippen LogP contribution is -2.41. The monoisotopic (exact) mass is 342 g/mol. The van der Waals surface area contributed by atoms with Gasteiger partial charge in [0.1, 0.15) is 9.84 Å². The molecule has 1 aliphatic heterocycles. The van der Waals surface area contributed by atoms with E-state index in [0.29, 0.717) is 24.8 Å². The Morgan fingerprint density at radius 1 is 1.13 bits per heavy atom. The second-order valence-corrected chi connectivity index (χ2v) is 10.2. The quantitative estimate of drug-likeness (QED) is 0.760. The minimum absolute atomic E-state index is 0.206. The Bertz CT molecular complexity index is 524. The Labute approximate surface area is 140 Å². The predicted molar refractivity (Wildman–Crippen MR) is 90.9 cm³/mol. The molecule has 2 aliphatic carbocycles. The summed E-state index contributed by atoms with van der Waals surface area (Å²) in [5.74, 6) is 2.25. The minimum atomic E-state index is -2.92. The number of likely N-dealkylation sites (tertiary alicyclic amines) is 1. The van der Waals surface area contributed by atoms with Crippen molar-refractivity contribution in [3.8, 4) is 0 Å². The fourth-order valence-electron chi connectivity index (χ4n) is 4.29. The van der Waals surface area contributed by atoms with Gasteiger partial charge in [0.2, 0.25) is 5.91 Å². The van der Waals surface area contributed by atoms with Crippen molar-refractivity contribution in [1.82, 2.24) is 10.2 Å². The molecule has 1 amide bonds. The Morgan fingerprint density at radius 2 is 1.83 bits per heavy atom. The molecule has 132 valence electrons. The second kappa shape index (κ2) is 7.09. The fourth-order valence-corrected chi connectivity index (χ4v) is 4.88. The fraction of sp³-hybridized carbons (Fsp3) is 0.941. The maximum Gasteiger partial charge on any atom is 0.220 e. The van der Waals surface area contributed by atoms with Crippen LogP contribution in [0.5, 0.6) is 0 Å². The molecule has 0 spiro atoms. The van der Waals surface area contributed by atoms with Gasteiger partial charge in [-0.05, 0) is 43.4 Å². The largest absolute Gasteiger partial charge is 0.352 e. The van der Waals surface area contributed by atoms with E-state index in [1.54, 1.807) is 0 Å². The molecule has 2 unspecified atom stereocenters. The van der Waals surface area contributed by atoms with E-state index in [0.717, 1.165) is 19.0 Å². The molecule has 1 saturated heterocycles. The maximum absolute atomic E-state index is 12.3. The van der Waals surface area contributed by atoms with E-state index in [9.17, 15) is 13.2 Å². The number of rotatable bonds is 7. The van der Waals surface area contributed by atoms with E-state index in [1.807, 2.05) is 0 Å². The van der Waals surface area contributed by atoms with Crippen LogP contribution in [0.25, 0.3) is 0 Å². The molecule has 1 N–H and O–H groups in total. The zero-order valence-electron chi connectivity index (χ0n) is 14.2. The van der Waals surface area contributed by atoms with Crippen LogP contribution in [0.1, 0.15) is 44.9 Å². The third-order valence-corrected chi connectivity index (χ3v) is 6.67. The second-order valence-electron chi connectivity index (χ2n) is 7.92. The third-order valence-electron chi connectivity index (χ3n) is 5.74. The predicted octanol–water partition coefficient (Wildman–Crippen LogP) is 1.44. The zero-order chi connectivity index (χ0) is 16.4. The first-order chi connectivity index (χ1) is 10.9. The SMILES string of the molecule is CS(=O)(=O)CCN1CC(NC(=O)CC2CCCC2)C(C2CC2)C1. The van der Waals surface area contributed by atoms with Gasteiger partial charge in [0.15, 0.2) is 0 Å². The summed E-state index contributed by atoms with van der Waals surface area (Å²) in [6.45, 7) is 2.35. The van der Waals surface area contributed by atoms with Crippen LogP contribution in [-0.4, -0.2) is 56.9 Å². The minimum Gasteiger partial charge on any atom is -0.352 e. The van der Waals surface area contributed by atoms with Crippen molar-refractivity contribution in [3.05, 3.63) is 0 Å². The molecule has 5 nitrogen and oxygen atoms in total. The van der Waals surface area contributed by atoms with Gasteiger partial charge in [-0.3, -0.25) is 9.69 Å². The first-order valence-corrected chi connectivity index (χ1v) is 11.2. The summed E-state index contributed by atoms with van der Waals surface area (Å²) in [7, 11) is -2.92. The number of carbonyl (C=O) groups is 1. The molecular formula is C17H30N2O3S. The average molecular weight is 343 g/mol. The topological polar surface area (TPSA) is 66.5 Å². The summed E-state index contributed by atoms with van der Waals surface area (Å²) in [6.07, 6.45) is 9.44. The molecular weight excluding hydrogens is 312 g/mol. The molecule has 6 heteroatoms. The average Bonchev–Trinajstić information content (AvgIpc) is 3.03. The van der Waals surface area contributed by atoms with Crippen molar-refractivity contribution in [3.63, 3.8) is 0 Å². The first-order valence-electron chi connectivity index (χ1n) is 9.10. The van der Waals surface area contributed by atoms with Gasteiger partial charge in [-0.15, -0.1) is 0 Å². The van der Waals surface area contributed by atoms with Crippen LogP contribution in [-0.2, 0) is 14.6 Å². The van der Waals surface area contributed by atoms with Crippen LogP contribution in [0.2, 0.25) is 0 Å². The standard InChI is InChI=1S/C17H30N2O3S/c1-23(21,22)9-8-19-11-15(14-6-7-14)16(12-19)18-17(20)10-13-4-2-3-5-13/h13-16H,2-12H2,1H3,(H,18,20). The summed E-state index contributed by atoms with van der Waals surface area (Å²) >= 11 is 0. The van der Waals surface area contributed by atoms with Gasteiger partial charge in [0.05, 0.1) is 5.75 Å². The lowest BCUT2D eigenvalue weighted by molar-refractivity contribution is -0.122.